The average molecular weight is 745 g/mol. The number of likely N-dealkylation sites (N-methyl/N-ethyl adjacent to an activating group) is 1. The molecule has 3 atom stereocenters. The Morgan fingerprint density at radius 2 is 1.75 bits per heavy atom. The molecule has 2 amide bonds. The van der Waals surface area contributed by atoms with Crippen molar-refractivity contribution in [2.75, 3.05) is 18.2 Å². The van der Waals surface area contributed by atoms with E-state index in [0.29, 0.717) is 17.3 Å². The van der Waals surface area contributed by atoms with Crippen molar-refractivity contribution in [1.82, 2.24) is 20.0 Å². The fraction of sp³-hybridized carbons (Fsp3) is 0.250. The van der Waals surface area contributed by atoms with Crippen LogP contribution in [0.15, 0.2) is 78.9 Å². The van der Waals surface area contributed by atoms with Crippen LogP contribution in [-0.4, -0.2) is 45.8 Å². The molecule has 5 rings (SSSR count). The number of rotatable bonds is 10. The van der Waals surface area contributed by atoms with Crippen LogP contribution in [-0.2, 0) is 20.1 Å². The SMILES string of the molecule is CCN1C(=O)[C@@H](NC(=O)c2cccc(C(F)(F)F)c2)[C@@H](c2ccc(F)cc2)c2c([C@@H](C)N(C#N)COP(=O)([O-])[O-])nn(-c3ccccc3)c21.[Na+].[Na+]. The number of hydrogen-bond donors (Lipinski definition) is 1. The molecule has 0 aliphatic carbocycles. The number of hydrogen-bond acceptors (Lipinski definition) is 9. The summed E-state index contributed by atoms with van der Waals surface area (Å²) >= 11 is 0. The number of nitrogens with zero attached hydrogens (tertiary/aromatic N) is 5. The number of halogens is 4. The first-order valence-corrected chi connectivity index (χ1v) is 16.2. The van der Waals surface area contributed by atoms with E-state index in [9.17, 15) is 46.8 Å². The van der Waals surface area contributed by atoms with Crippen molar-refractivity contribution in [2.45, 2.75) is 38.0 Å². The third-order valence-corrected chi connectivity index (χ3v) is 8.42. The number of nitrogens with one attached hydrogen (secondary N) is 1. The van der Waals surface area contributed by atoms with E-state index in [1.807, 2.05) is 0 Å². The number of alkyl halides is 3. The van der Waals surface area contributed by atoms with Crippen LogP contribution < -0.4 is 79.1 Å². The first kappa shape index (κ1) is 42.3. The summed E-state index contributed by atoms with van der Waals surface area (Å²) in [5.74, 6) is -3.25. The van der Waals surface area contributed by atoms with E-state index in [1.54, 1.807) is 43.4 Å². The van der Waals surface area contributed by atoms with Gasteiger partial charge in [0.15, 0.2) is 6.19 Å². The quantitative estimate of drug-likeness (QED) is 0.0482. The second kappa shape index (κ2) is 17.2. The van der Waals surface area contributed by atoms with Crippen molar-refractivity contribution in [3.05, 3.63) is 113 Å². The number of benzene rings is 3. The van der Waals surface area contributed by atoms with Crippen LogP contribution in [0.2, 0.25) is 0 Å². The zero-order valence-corrected chi connectivity index (χ0v) is 32.7. The Bertz CT molecular complexity index is 1960. The molecule has 0 saturated heterocycles. The van der Waals surface area contributed by atoms with Gasteiger partial charge < -0.3 is 24.2 Å². The van der Waals surface area contributed by atoms with Gasteiger partial charge in [-0.2, -0.15) is 23.5 Å². The van der Waals surface area contributed by atoms with Gasteiger partial charge in [-0.05, 0) is 61.9 Å². The van der Waals surface area contributed by atoms with Gasteiger partial charge >= 0.3 is 65.3 Å². The molecule has 0 unspecified atom stereocenters. The molecule has 1 aliphatic rings. The maximum atomic E-state index is 14.4. The maximum absolute atomic E-state index is 14.4. The number of phosphoric ester groups is 1. The number of aromatic nitrogens is 2. The van der Waals surface area contributed by atoms with Gasteiger partial charge in [-0.15, -0.1) is 0 Å². The van der Waals surface area contributed by atoms with Gasteiger partial charge in [0.25, 0.3) is 11.8 Å². The van der Waals surface area contributed by atoms with Crippen molar-refractivity contribution >= 4 is 25.5 Å². The zero-order chi connectivity index (χ0) is 35.7. The zero-order valence-electron chi connectivity index (χ0n) is 27.8. The predicted molar refractivity (Wildman–Crippen MR) is 162 cm³/mol. The van der Waals surface area contributed by atoms with Crippen LogP contribution in [0.5, 0.6) is 0 Å². The molecular formula is C32H27F4N6Na2O6P. The Morgan fingerprint density at radius 3 is 2.31 bits per heavy atom. The van der Waals surface area contributed by atoms with Gasteiger partial charge in [-0.3, -0.25) is 19.4 Å². The fourth-order valence-corrected chi connectivity index (χ4v) is 5.95. The van der Waals surface area contributed by atoms with Gasteiger partial charge in [0, 0.05) is 23.6 Å². The van der Waals surface area contributed by atoms with Crippen LogP contribution in [0.1, 0.15) is 58.5 Å². The van der Waals surface area contributed by atoms with E-state index in [-0.39, 0.29) is 88.3 Å². The van der Waals surface area contributed by atoms with Gasteiger partial charge in [0.05, 0.1) is 30.8 Å². The molecule has 3 aromatic carbocycles. The van der Waals surface area contributed by atoms with Crippen LogP contribution in [0.25, 0.3) is 5.69 Å². The second-order valence-electron chi connectivity index (χ2n) is 11.0. The second-order valence-corrected chi connectivity index (χ2v) is 12.1. The summed E-state index contributed by atoms with van der Waals surface area (Å²) in [6.45, 7) is 2.16. The largest absolute Gasteiger partial charge is 1.00 e. The van der Waals surface area contributed by atoms with Crippen LogP contribution in [0.3, 0.4) is 0 Å². The molecule has 2 heterocycles. The number of amides is 2. The third-order valence-electron chi connectivity index (χ3n) is 7.99. The van der Waals surface area contributed by atoms with Crippen molar-refractivity contribution in [1.29, 1.82) is 5.26 Å². The number of carbonyl (C=O) groups excluding carboxylic acids is 2. The smallest absolute Gasteiger partial charge is 0.790 e. The molecule has 0 fully saturated rings. The average Bonchev–Trinajstić information content (AvgIpc) is 3.45. The Kier molecular flexibility index (Phi) is 14.3. The first-order valence-electron chi connectivity index (χ1n) is 14.7. The number of fused-ring (bicyclic) bond motifs is 1. The molecule has 0 bridgehead atoms. The Labute approximate surface area is 334 Å². The molecule has 0 spiro atoms. The molecule has 12 nitrogen and oxygen atoms in total. The van der Waals surface area contributed by atoms with Crippen molar-refractivity contribution in [2.24, 2.45) is 0 Å². The standard InChI is InChI=1S/C32H29F4N6O6P.2Na/c1-3-41-30-26(27(39-42(30)24-10-5-4-6-11-24)19(2)40(17-37)18-48-49(45,46)47)25(20-12-14-23(33)15-13-20)28(31(41)44)38-29(43)21-8-7-9-22(16-21)32(34,35)36;;/h4-16,19,25,28H,3,18H2,1-2H3,(H,38,43)(H2,45,46,47);;/q;2*+1/p-2/t19-,25+,28+;;/m1../s1. The molecular weight excluding hydrogens is 717 g/mol. The maximum Gasteiger partial charge on any atom is 1.00 e. The minimum Gasteiger partial charge on any atom is -0.790 e. The number of carbonyl (C=O) groups is 2. The Balaban J connectivity index is 0.00000351. The van der Waals surface area contributed by atoms with E-state index in [2.05, 4.69) is 9.84 Å². The number of nitriles is 1. The summed E-state index contributed by atoms with van der Waals surface area (Å²) in [5.41, 5.74) is -0.347. The minimum absolute atomic E-state index is 0. The van der Waals surface area contributed by atoms with Crippen LogP contribution in [0.4, 0.5) is 23.4 Å². The summed E-state index contributed by atoms with van der Waals surface area (Å²) in [7, 11) is -5.51. The number of anilines is 1. The van der Waals surface area contributed by atoms with Gasteiger partial charge in [0.2, 0.25) is 0 Å². The number of phosphoric acid groups is 1. The van der Waals surface area contributed by atoms with E-state index >= 15 is 0 Å². The first-order chi connectivity index (χ1) is 23.1. The minimum atomic E-state index is -5.51. The summed E-state index contributed by atoms with van der Waals surface area (Å²) in [5, 5.41) is 17.3. The topological polar surface area (TPSA) is 167 Å². The molecule has 256 valence electrons. The van der Waals surface area contributed by atoms with Crippen LogP contribution >= 0.6 is 7.82 Å². The van der Waals surface area contributed by atoms with Crippen molar-refractivity contribution < 1.29 is 105 Å². The summed E-state index contributed by atoms with van der Waals surface area (Å²) in [4.78, 5) is 52.6. The normalized spacial score (nSPS) is 16.2. The summed E-state index contributed by atoms with van der Waals surface area (Å²) in [6.07, 6.45) is -2.97. The predicted octanol–water partition coefficient (Wildman–Crippen LogP) is -2.02. The van der Waals surface area contributed by atoms with Gasteiger partial charge in [-0.1, -0.05) is 36.4 Å². The van der Waals surface area contributed by atoms with Crippen molar-refractivity contribution in [3.8, 4) is 11.9 Å². The molecule has 51 heavy (non-hydrogen) atoms. The van der Waals surface area contributed by atoms with E-state index in [4.69, 9.17) is 5.10 Å². The Morgan fingerprint density at radius 1 is 1.10 bits per heavy atom. The molecule has 1 aliphatic heterocycles. The van der Waals surface area contributed by atoms with Gasteiger partial charge in [-0.25, -0.2) is 9.07 Å². The molecule has 0 saturated carbocycles. The van der Waals surface area contributed by atoms with E-state index in [0.717, 1.165) is 35.2 Å². The third kappa shape index (κ3) is 9.30. The monoisotopic (exact) mass is 744 g/mol. The molecule has 1 N–H and O–H groups in total. The number of para-hydroxylation sites is 1. The van der Waals surface area contributed by atoms with E-state index in [1.165, 1.54) is 28.6 Å². The summed E-state index contributed by atoms with van der Waals surface area (Å²) < 4.78 is 71.7. The molecule has 0 radical (unpaired) electrons. The molecule has 4 aromatic rings. The van der Waals surface area contributed by atoms with Crippen LogP contribution in [0, 0.1) is 17.3 Å². The fourth-order valence-electron chi connectivity index (χ4n) is 5.68. The summed E-state index contributed by atoms with van der Waals surface area (Å²) in [6, 6.07) is 14.5. The molecule has 19 heteroatoms. The van der Waals surface area contributed by atoms with E-state index < -0.39 is 61.9 Å². The molecule has 1 aromatic heterocycles. The Hall–Kier alpha value is -3.07. The van der Waals surface area contributed by atoms with Crippen molar-refractivity contribution in [3.63, 3.8) is 0 Å². The van der Waals surface area contributed by atoms with Gasteiger partial charge in [0.1, 0.15) is 24.4 Å².